The molecule has 0 aromatic heterocycles. The van der Waals surface area contributed by atoms with Crippen LogP contribution < -0.4 is 15.4 Å². The standard InChI is InChI=1S/C17H18ClN3O4/c1-11(12-4-3-5-13(18)8-12)19-10-17(22)20-15-7-6-14(25-2)9-16(15)21(23)24/h3-9,11,19H,10H2,1-2H3,(H,20,22)/p+1/t11-/m0/s1. The topological polar surface area (TPSA) is 98.1 Å². The highest BCUT2D eigenvalue weighted by Gasteiger charge is 2.18. The third-order valence-corrected chi connectivity index (χ3v) is 3.94. The van der Waals surface area contributed by atoms with Crippen molar-refractivity contribution in [2.45, 2.75) is 13.0 Å². The summed E-state index contributed by atoms with van der Waals surface area (Å²) in [5.41, 5.74) is 0.922. The van der Waals surface area contributed by atoms with Crippen LogP contribution >= 0.6 is 11.6 Å². The normalized spacial score (nSPS) is 11.6. The van der Waals surface area contributed by atoms with E-state index in [1.807, 2.05) is 30.4 Å². The molecule has 2 aromatic rings. The van der Waals surface area contributed by atoms with E-state index in [2.05, 4.69) is 5.32 Å². The number of nitrogens with one attached hydrogen (secondary N) is 1. The summed E-state index contributed by atoms with van der Waals surface area (Å²) >= 11 is 5.96. The summed E-state index contributed by atoms with van der Waals surface area (Å²) in [5.74, 6) is 0.0213. The van der Waals surface area contributed by atoms with Crippen LogP contribution in [-0.4, -0.2) is 24.5 Å². The number of nitro groups is 1. The number of rotatable bonds is 7. The molecule has 0 unspecified atom stereocenters. The van der Waals surface area contributed by atoms with Gasteiger partial charge >= 0.3 is 0 Å². The van der Waals surface area contributed by atoms with E-state index in [0.29, 0.717) is 10.8 Å². The predicted molar refractivity (Wildman–Crippen MR) is 94.9 cm³/mol. The van der Waals surface area contributed by atoms with Gasteiger partial charge in [0.25, 0.3) is 11.6 Å². The molecule has 8 heteroatoms. The van der Waals surface area contributed by atoms with Crippen molar-refractivity contribution in [2.24, 2.45) is 0 Å². The maximum absolute atomic E-state index is 12.1. The lowest BCUT2D eigenvalue weighted by atomic mass is 10.1. The lowest BCUT2D eigenvalue weighted by Crippen LogP contribution is -2.86. The highest BCUT2D eigenvalue weighted by atomic mass is 35.5. The molecule has 2 aromatic carbocycles. The van der Waals surface area contributed by atoms with Crippen LogP contribution in [-0.2, 0) is 4.79 Å². The summed E-state index contributed by atoms with van der Waals surface area (Å²) in [5, 5.41) is 16.2. The van der Waals surface area contributed by atoms with Crippen molar-refractivity contribution < 1.29 is 19.8 Å². The molecule has 2 rings (SSSR count). The molecule has 0 spiro atoms. The van der Waals surface area contributed by atoms with Crippen molar-refractivity contribution in [1.82, 2.24) is 0 Å². The van der Waals surface area contributed by atoms with E-state index in [-0.39, 0.29) is 29.9 Å². The Labute approximate surface area is 150 Å². The molecule has 0 heterocycles. The van der Waals surface area contributed by atoms with E-state index in [4.69, 9.17) is 16.3 Å². The third kappa shape index (κ3) is 5.17. The second-order valence-electron chi connectivity index (χ2n) is 5.47. The number of nitrogens with two attached hydrogens (primary N) is 1. The Morgan fingerprint density at radius 2 is 2.12 bits per heavy atom. The minimum absolute atomic E-state index is 0.0234. The van der Waals surface area contributed by atoms with Crippen LogP contribution in [0.25, 0.3) is 0 Å². The van der Waals surface area contributed by atoms with Crippen molar-refractivity contribution in [1.29, 1.82) is 0 Å². The molecular formula is C17H19ClN3O4+. The molecule has 0 fully saturated rings. The van der Waals surface area contributed by atoms with E-state index in [1.165, 1.54) is 19.2 Å². The van der Waals surface area contributed by atoms with Crippen molar-refractivity contribution in [2.75, 3.05) is 19.0 Å². The summed E-state index contributed by atoms with van der Waals surface area (Å²) in [7, 11) is 1.42. The zero-order chi connectivity index (χ0) is 18.4. The second-order valence-corrected chi connectivity index (χ2v) is 5.91. The van der Waals surface area contributed by atoms with E-state index in [9.17, 15) is 14.9 Å². The number of carbonyl (C=O) groups is 1. The lowest BCUT2D eigenvalue weighted by Gasteiger charge is -2.12. The van der Waals surface area contributed by atoms with Gasteiger partial charge in [0.1, 0.15) is 17.5 Å². The number of benzene rings is 2. The number of amides is 1. The van der Waals surface area contributed by atoms with Gasteiger partial charge in [-0.1, -0.05) is 23.7 Å². The van der Waals surface area contributed by atoms with Crippen LogP contribution in [0.4, 0.5) is 11.4 Å². The fraction of sp³-hybridized carbons (Fsp3) is 0.235. The molecule has 0 radical (unpaired) electrons. The first-order valence-electron chi connectivity index (χ1n) is 7.61. The van der Waals surface area contributed by atoms with E-state index in [1.54, 1.807) is 12.1 Å². The number of hydrogen-bond donors (Lipinski definition) is 2. The molecule has 0 saturated carbocycles. The largest absolute Gasteiger partial charge is 0.496 e. The first kappa shape index (κ1) is 18.7. The Hall–Kier alpha value is -2.64. The minimum Gasteiger partial charge on any atom is -0.496 e. The van der Waals surface area contributed by atoms with Crippen molar-refractivity contribution in [3.63, 3.8) is 0 Å². The molecule has 0 aliphatic heterocycles. The number of halogens is 1. The van der Waals surface area contributed by atoms with Crippen LogP contribution in [0.15, 0.2) is 42.5 Å². The summed E-state index contributed by atoms with van der Waals surface area (Å²) in [6.45, 7) is 2.08. The Morgan fingerprint density at radius 1 is 1.36 bits per heavy atom. The fourth-order valence-electron chi connectivity index (χ4n) is 2.31. The van der Waals surface area contributed by atoms with Crippen LogP contribution in [0.2, 0.25) is 5.02 Å². The van der Waals surface area contributed by atoms with Crippen LogP contribution in [0.5, 0.6) is 5.75 Å². The highest BCUT2D eigenvalue weighted by Crippen LogP contribution is 2.28. The highest BCUT2D eigenvalue weighted by molar-refractivity contribution is 6.30. The zero-order valence-corrected chi connectivity index (χ0v) is 14.6. The average molecular weight is 365 g/mol. The Bertz CT molecular complexity index is 782. The molecule has 25 heavy (non-hydrogen) atoms. The smallest absolute Gasteiger partial charge is 0.296 e. The van der Waals surface area contributed by atoms with Gasteiger partial charge in [-0.3, -0.25) is 14.9 Å². The summed E-state index contributed by atoms with van der Waals surface area (Å²) in [6.07, 6.45) is 0. The number of nitro benzene ring substituents is 1. The van der Waals surface area contributed by atoms with Gasteiger partial charge in [0.2, 0.25) is 0 Å². The van der Waals surface area contributed by atoms with Crippen LogP contribution in [0, 0.1) is 10.1 Å². The van der Waals surface area contributed by atoms with Gasteiger partial charge in [-0.25, -0.2) is 0 Å². The Morgan fingerprint density at radius 3 is 2.76 bits per heavy atom. The van der Waals surface area contributed by atoms with Gasteiger partial charge in [-0.05, 0) is 31.2 Å². The molecule has 1 amide bonds. The number of nitrogens with zero attached hydrogens (tertiary/aromatic N) is 1. The molecule has 0 aliphatic carbocycles. The van der Waals surface area contributed by atoms with Crippen molar-refractivity contribution in [3.05, 3.63) is 63.2 Å². The molecule has 1 atom stereocenters. The average Bonchev–Trinajstić information content (AvgIpc) is 2.59. The lowest BCUT2D eigenvalue weighted by molar-refractivity contribution is -0.682. The summed E-state index contributed by atoms with van der Waals surface area (Å²) in [6, 6.07) is 11.7. The summed E-state index contributed by atoms with van der Waals surface area (Å²) in [4.78, 5) is 22.7. The number of hydrogen-bond acceptors (Lipinski definition) is 4. The Kier molecular flexibility index (Phi) is 6.32. The molecule has 0 saturated heterocycles. The van der Waals surface area contributed by atoms with Crippen LogP contribution in [0.1, 0.15) is 18.5 Å². The summed E-state index contributed by atoms with van der Waals surface area (Å²) < 4.78 is 4.97. The van der Waals surface area contributed by atoms with Gasteiger partial charge in [-0.15, -0.1) is 0 Å². The monoisotopic (exact) mass is 364 g/mol. The van der Waals surface area contributed by atoms with E-state index >= 15 is 0 Å². The zero-order valence-electron chi connectivity index (χ0n) is 13.9. The second kappa shape index (κ2) is 8.46. The molecule has 7 nitrogen and oxygen atoms in total. The van der Waals surface area contributed by atoms with E-state index in [0.717, 1.165) is 5.56 Å². The number of ether oxygens (including phenoxy) is 1. The van der Waals surface area contributed by atoms with Gasteiger partial charge in [-0.2, -0.15) is 0 Å². The number of anilines is 1. The Balaban J connectivity index is 1.99. The predicted octanol–water partition coefficient (Wildman–Crippen LogP) is 2.52. The molecule has 3 N–H and O–H groups in total. The fourth-order valence-corrected chi connectivity index (χ4v) is 2.50. The third-order valence-electron chi connectivity index (χ3n) is 3.71. The number of methoxy groups -OCH3 is 1. The van der Waals surface area contributed by atoms with Crippen molar-refractivity contribution in [3.8, 4) is 5.75 Å². The van der Waals surface area contributed by atoms with E-state index < -0.39 is 4.92 Å². The maximum atomic E-state index is 12.1. The van der Waals surface area contributed by atoms with Crippen molar-refractivity contribution >= 4 is 28.9 Å². The quantitative estimate of drug-likeness (QED) is 0.582. The first-order valence-corrected chi connectivity index (χ1v) is 7.99. The molecular weight excluding hydrogens is 346 g/mol. The van der Waals surface area contributed by atoms with Gasteiger partial charge < -0.3 is 15.4 Å². The number of quaternary nitrogens is 1. The molecule has 132 valence electrons. The minimum atomic E-state index is -0.559. The van der Waals surface area contributed by atoms with Crippen LogP contribution in [0.3, 0.4) is 0 Å². The molecule has 0 bridgehead atoms. The SMILES string of the molecule is COc1ccc(NC(=O)C[NH2+][C@@H](C)c2cccc(Cl)c2)c([N+](=O)[O-])c1. The van der Waals surface area contributed by atoms with Gasteiger partial charge in [0.05, 0.1) is 18.1 Å². The maximum Gasteiger partial charge on any atom is 0.296 e. The number of carbonyl (C=O) groups excluding carboxylic acids is 1. The molecule has 0 aliphatic rings. The van der Waals surface area contributed by atoms with Gasteiger partial charge in [0.15, 0.2) is 6.54 Å². The van der Waals surface area contributed by atoms with Gasteiger partial charge in [0, 0.05) is 10.6 Å². The first-order chi connectivity index (χ1) is 11.9.